The number of rotatable bonds is 4. The minimum atomic E-state index is -1.34. The number of anilines is 1. The van der Waals surface area contributed by atoms with E-state index >= 15 is 0 Å². The lowest BCUT2D eigenvalue weighted by atomic mass is 10.1. The molecule has 0 radical (unpaired) electrons. The number of thiazole rings is 1. The minimum Gasteiger partial charge on any atom is -0.543 e. The Morgan fingerprint density at radius 1 is 1.35 bits per heavy atom. The third-order valence-electron chi connectivity index (χ3n) is 2.61. The molecule has 0 saturated heterocycles. The smallest absolute Gasteiger partial charge is 0.234 e. The number of carbonyl (C=O) groups is 2. The highest BCUT2D eigenvalue weighted by molar-refractivity contribution is 9.10. The minimum absolute atomic E-state index is 0.145. The molecule has 0 bridgehead atoms. The number of carboxylic acid groups (broad SMARTS) is 1. The van der Waals surface area contributed by atoms with Crippen LogP contribution >= 0.6 is 27.3 Å². The van der Waals surface area contributed by atoms with Crippen LogP contribution in [-0.4, -0.2) is 16.9 Å². The molecule has 1 N–H and O–H groups in total. The highest BCUT2D eigenvalue weighted by Crippen LogP contribution is 2.22. The Kier molecular flexibility index (Phi) is 4.51. The van der Waals surface area contributed by atoms with E-state index < -0.39 is 11.9 Å². The number of nitrogens with one attached hydrogen (secondary N) is 1. The molecule has 0 aliphatic rings. The monoisotopic (exact) mass is 353 g/mol. The summed E-state index contributed by atoms with van der Waals surface area (Å²) in [7, 11) is 0. The number of hydrogen-bond acceptors (Lipinski definition) is 5. The lowest BCUT2D eigenvalue weighted by Crippen LogP contribution is -2.23. The summed E-state index contributed by atoms with van der Waals surface area (Å²) in [5, 5.41) is 15.2. The van der Waals surface area contributed by atoms with Gasteiger partial charge < -0.3 is 15.2 Å². The van der Waals surface area contributed by atoms with E-state index in [2.05, 4.69) is 26.2 Å². The van der Waals surface area contributed by atoms with Gasteiger partial charge in [0.1, 0.15) is 5.01 Å². The molecular weight excluding hydrogens is 344 g/mol. The van der Waals surface area contributed by atoms with Crippen molar-refractivity contribution in [2.24, 2.45) is 0 Å². The molecule has 1 atom stereocenters. The SMILES string of the molecule is C[C@H](C(=O)Nc1ccc(Br)cc1)c1nc(C(=O)[O-])cs1. The molecule has 0 fully saturated rings. The maximum absolute atomic E-state index is 12.1. The standard InChI is InChI=1S/C13H11BrN2O3S/c1-7(12-16-10(6-20-12)13(18)19)11(17)15-9-4-2-8(14)3-5-9/h2-7H,1H3,(H,15,17)(H,18,19)/p-1/t7-/m1/s1. The topological polar surface area (TPSA) is 82.1 Å². The van der Waals surface area contributed by atoms with Gasteiger partial charge in [-0.2, -0.15) is 0 Å². The molecule has 1 amide bonds. The van der Waals surface area contributed by atoms with Crippen molar-refractivity contribution in [2.45, 2.75) is 12.8 Å². The molecule has 0 aliphatic heterocycles. The summed E-state index contributed by atoms with van der Waals surface area (Å²) in [6.07, 6.45) is 0. The molecule has 0 spiro atoms. The summed E-state index contributed by atoms with van der Waals surface area (Å²) in [5.74, 6) is -2.11. The number of benzene rings is 1. The molecular formula is C13H10BrN2O3S-. The van der Waals surface area contributed by atoms with Gasteiger partial charge in [-0.3, -0.25) is 4.79 Å². The molecule has 0 unspecified atom stereocenters. The molecule has 2 aromatic rings. The number of aromatic nitrogens is 1. The fraction of sp³-hybridized carbons (Fsp3) is 0.154. The predicted molar refractivity (Wildman–Crippen MR) is 77.6 cm³/mol. The van der Waals surface area contributed by atoms with Gasteiger partial charge in [-0.25, -0.2) is 4.98 Å². The van der Waals surface area contributed by atoms with Crippen LogP contribution in [0.15, 0.2) is 34.1 Å². The van der Waals surface area contributed by atoms with E-state index in [4.69, 9.17) is 0 Å². The van der Waals surface area contributed by atoms with Gasteiger partial charge in [-0.15, -0.1) is 11.3 Å². The molecule has 104 valence electrons. The van der Waals surface area contributed by atoms with E-state index in [0.29, 0.717) is 10.7 Å². The first-order valence-corrected chi connectivity index (χ1v) is 7.38. The van der Waals surface area contributed by atoms with Crippen LogP contribution in [0.3, 0.4) is 0 Å². The van der Waals surface area contributed by atoms with Gasteiger partial charge in [0.15, 0.2) is 0 Å². The van der Waals surface area contributed by atoms with Crippen LogP contribution in [0.1, 0.15) is 28.3 Å². The van der Waals surface area contributed by atoms with Crippen molar-refractivity contribution in [3.8, 4) is 0 Å². The molecule has 1 aromatic heterocycles. The number of nitrogens with zero attached hydrogens (tertiary/aromatic N) is 1. The largest absolute Gasteiger partial charge is 0.543 e. The second-order valence-electron chi connectivity index (χ2n) is 4.08. The fourth-order valence-corrected chi connectivity index (χ4v) is 2.58. The first-order chi connectivity index (χ1) is 9.47. The van der Waals surface area contributed by atoms with E-state index in [0.717, 1.165) is 15.8 Å². The van der Waals surface area contributed by atoms with Gasteiger partial charge in [0, 0.05) is 15.5 Å². The van der Waals surface area contributed by atoms with Crippen molar-refractivity contribution in [1.29, 1.82) is 0 Å². The summed E-state index contributed by atoms with van der Waals surface area (Å²) >= 11 is 4.44. The second-order valence-corrected chi connectivity index (χ2v) is 5.88. The number of amides is 1. The maximum Gasteiger partial charge on any atom is 0.234 e. The van der Waals surface area contributed by atoms with Crippen LogP contribution in [0.5, 0.6) is 0 Å². The van der Waals surface area contributed by atoms with Crippen molar-refractivity contribution in [3.63, 3.8) is 0 Å². The van der Waals surface area contributed by atoms with Crippen LogP contribution in [0.25, 0.3) is 0 Å². The molecule has 1 heterocycles. The van der Waals surface area contributed by atoms with Gasteiger partial charge in [-0.05, 0) is 31.2 Å². The van der Waals surface area contributed by atoms with E-state index in [1.165, 1.54) is 5.38 Å². The van der Waals surface area contributed by atoms with Gasteiger partial charge in [-0.1, -0.05) is 15.9 Å². The Hall–Kier alpha value is -1.73. The Labute approximate surface area is 127 Å². The van der Waals surface area contributed by atoms with Crippen molar-refractivity contribution >= 4 is 44.8 Å². The Bertz CT molecular complexity index is 639. The van der Waals surface area contributed by atoms with E-state index in [9.17, 15) is 14.7 Å². The van der Waals surface area contributed by atoms with Gasteiger partial charge in [0.25, 0.3) is 0 Å². The van der Waals surface area contributed by atoms with Gasteiger partial charge in [0.2, 0.25) is 5.91 Å². The molecule has 20 heavy (non-hydrogen) atoms. The van der Waals surface area contributed by atoms with Crippen LogP contribution in [-0.2, 0) is 4.79 Å². The van der Waals surface area contributed by atoms with Crippen molar-refractivity contribution in [2.75, 3.05) is 5.32 Å². The average molecular weight is 354 g/mol. The third-order valence-corrected chi connectivity index (χ3v) is 4.16. The molecule has 7 heteroatoms. The first-order valence-electron chi connectivity index (χ1n) is 5.70. The van der Waals surface area contributed by atoms with Gasteiger partial charge >= 0.3 is 0 Å². The quantitative estimate of drug-likeness (QED) is 0.911. The molecule has 1 aromatic carbocycles. The van der Waals surface area contributed by atoms with E-state index in [1.54, 1.807) is 19.1 Å². The second kappa shape index (κ2) is 6.15. The zero-order valence-electron chi connectivity index (χ0n) is 10.4. The molecule has 0 aliphatic carbocycles. The number of carboxylic acids is 1. The van der Waals surface area contributed by atoms with Crippen LogP contribution in [0.2, 0.25) is 0 Å². The predicted octanol–water partition coefficient (Wildman–Crippen LogP) is 2.01. The zero-order valence-corrected chi connectivity index (χ0v) is 12.8. The van der Waals surface area contributed by atoms with Crippen molar-refractivity contribution in [3.05, 3.63) is 44.8 Å². The number of hydrogen-bond donors (Lipinski definition) is 1. The number of halogens is 1. The lowest BCUT2D eigenvalue weighted by molar-refractivity contribution is -0.255. The number of aromatic carboxylic acids is 1. The van der Waals surface area contributed by atoms with Crippen LogP contribution in [0.4, 0.5) is 5.69 Å². The molecule has 5 nitrogen and oxygen atoms in total. The first kappa shape index (κ1) is 14.7. The van der Waals surface area contributed by atoms with E-state index in [1.807, 2.05) is 12.1 Å². The maximum atomic E-state index is 12.1. The summed E-state index contributed by atoms with van der Waals surface area (Å²) in [4.78, 5) is 26.6. The zero-order chi connectivity index (χ0) is 14.7. The summed E-state index contributed by atoms with van der Waals surface area (Å²) < 4.78 is 0.919. The summed E-state index contributed by atoms with van der Waals surface area (Å²) in [6, 6.07) is 7.17. The highest BCUT2D eigenvalue weighted by atomic mass is 79.9. The van der Waals surface area contributed by atoms with Gasteiger partial charge in [0.05, 0.1) is 17.6 Å². The van der Waals surface area contributed by atoms with Crippen LogP contribution in [0, 0.1) is 0 Å². The molecule has 0 saturated carbocycles. The summed E-state index contributed by atoms with van der Waals surface area (Å²) in [6.45, 7) is 1.67. The van der Waals surface area contributed by atoms with E-state index in [-0.39, 0.29) is 11.6 Å². The van der Waals surface area contributed by atoms with Crippen molar-refractivity contribution < 1.29 is 14.7 Å². The lowest BCUT2D eigenvalue weighted by Gasteiger charge is -2.10. The average Bonchev–Trinajstić information content (AvgIpc) is 2.90. The third kappa shape index (κ3) is 3.43. The molecule has 2 rings (SSSR count). The van der Waals surface area contributed by atoms with Crippen molar-refractivity contribution in [1.82, 2.24) is 4.98 Å². The highest BCUT2D eigenvalue weighted by Gasteiger charge is 2.19. The Balaban J connectivity index is 2.07. The Morgan fingerprint density at radius 3 is 2.55 bits per heavy atom. The normalized spacial score (nSPS) is 11.9. The summed E-state index contributed by atoms with van der Waals surface area (Å²) in [5.41, 5.74) is 0.523. The fourth-order valence-electron chi connectivity index (χ4n) is 1.48. The Morgan fingerprint density at radius 2 is 2.00 bits per heavy atom. The van der Waals surface area contributed by atoms with Crippen LogP contribution < -0.4 is 10.4 Å². The number of carbonyl (C=O) groups excluding carboxylic acids is 2.